The largest absolute Gasteiger partial charge is 0.177 e. The van der Waals surface area contributed by atoms with Crippen molar-refractivity contribution in [2.75, 3.05) is 0 Å². The molecule has 0 N–H and O–H groups in total. The van der Waals surface area contributed by atoms with Crippen LogP contribution in [0, 0.1) is 0 Å². The lowest BCUT2D eigenvalue weighted by molar-refractivity contribution is 0.930. The van der Waals surface area contributed by atoms with Crippen LogP contribution in [0.2, 0.25) is 0 Å². The molecule has 0 fully saturated rings. The molecule has 1 aliphatic heterocycles. The van der Waals surface area contributed by atoms with Gasteiger partial charge in [-0.15, -0.1) is 11.3 Å². The van der Waals surface area contributed by atoms with E-state index in [1.54, 1.807) is 0 Å². The van der Waals surface area contributed by atoms with Crippen molar-refractivity contribution in [2.24, 2.45) is 0 Å². The van der Waals surface area contributed by atoms with Gasteiger partial charge in [-0.1, -0.05) is 25.5 Å². The summed E-state index contributed by atoms with van der Waals surface area (Å²) in [5.74, 6) is 0. The zero-order valence-corrected chi connectivity index (χ0v) is 9.44. The number of hydrogen-bond donors (Lipinski definition) is 1. The van der Waals surface area contributed by atoms with Crippen LogP contribution in [0.3, 0.4) is 0 Å². The number of hydrogen-bond acceptors (Lipinski definition) is 1. The van der Waals surface area contributed by atoms with Crippen LogP contribution in [-0.2, 0) is 0 Å². The highest BCUT2D eigenvalue weighted by Crippen LogP contribution is 2.46. The fourth-order valence-corrected chi connectivity index (χ4v) is 4.44. The Kier molecular flexibility index (Phi) is 2.91. The van der Waals surface area contributed by atoms with Crippen LogP contribution < -0.4 is 0 Å². The summed E-state index contributed by atoms with van der Waals surface area (Å²) in [6.07, 6.45) is 4.79. The highest BCUT2D eigenvalue weighted by Gasteiger charge is 2.07. The molecule has 0 spiro atoms. The lowest BCUT2D eigenvalue weighted by atomic mass is 10.2. The maximum absolute atomic E-state index is 2.45. The van der Waals surface area contributed by atoms with E-state index in [4.69, 9.17) is 0 Å². The van der Waals surface area contributed by atoms with E-state index in [9.17, 15) is 0 Å². The first-order valence-electron chi connectivity index (χ1n) is 4.61. The third-order valence-electron chi connectivity index (χ3n) is 2.05. The van der Waals surface area contributed by atoms with Crippen LogP contribution in [0.5, 0.6) is 0 Å². The van der Waals surface area contributed by atoms with Gasteiger partial charge in [0.05, 0.1) is 0 Å². The van der Waals surface area contributed by atoms with E-state index in [2.05, 4.69) is 41.3 Å². The van der Waals surface area contributed by atoms with Gasteiger partial charge in [0.2, 0.25) is 0 Å². The van der Waals surface area contributed by atoms with Gasteiger partial charge in [-0.2, -0.15) is 10.9 Å². The van der Waals surface area contributed by atoms with Crippen molar-refractivity contribution in [2.45, 2.75) is 24.0 Å². The molecule has 1 unspecified atom stereocenters. The summed E-state index contributed by atoms with van der Waals surface area (Å²) in [6.45, 7) is 2.24. The Morgan fingerprint density at radius 3 is 3.08 bits per heavy atom. The first-order chi connectivity index (χ1) is 6.40. The zero-order chi connectivity index (χ0) is 9.10. The zero-order valence-electron chi connectivity index (χ0n) is 7.73. The molecule has 1 atom stereocenters. The van der Waals surface area contributed by atoms with Gasteiger partial charge in [0.15, 0.2) is 0 Å². The summed E-state index contributed by atoms with van der Waals surface area (Å²) >= 11 is 1.87. The van der Waals surface area contributed by atoms with Gasteiger partial charge >= 0.3 is 0 Å². The Bertz CT molecular complexity index is 320. The van der Waals surface area contributed by atoms with E-state index in [-0.39, 0.29) is 10.9 Å². The first kappa shape index (κ1) is 9.10. The van der Waals surface area contributed by atoms with Gasteiger partial charge < -0.3 is 0 Å². The Labute approximate surface area is 86.3 Å². The molecule has 1 aromatic heterocycles. The van der Waals surface area contributed by atoms with Crippen molar-refractivity contribution in [3.63, 3.8) is 0 Å². The van der Waals surface area contributed by atoms with E-state index in [0.717, 1.165) is 0 Å². The second-order valence-electron chi connectivity index (χ2n) is 3.13. The van der Waals surface area contributed by atoms with Crippen LogP contribution in [-0.4, -0.2) is 0 Å². The van der Waals surface area contributed by atoms with Gasteiger partial charge in [-0.05, 0) is 34.3 Å². The van der Waals surface area contributed by atoms with Gasteiger partial charge in [-0.3, -0.25) is 0 Å². The average Bonchev–Trinajstić information content (AvgIpc) is 2.70. The Hall–Kier alpha value is -0.470. The number of allylic oxidation sites excluding steroid dienone is 2. The Balaban J connectivity index is 2.10. The molecule has 0 nitrogen and oxygen atoms in total. The van der Waals surface area contributed by atoms with Gasteiger partial charge in [0, 0.05) is 4.21 Å². The summed E-state index contributed by atoms with van der Waals surface area (Å²) in [6, 6.07) is 4.38. The van der Waals surface area contributed by atoms with Gasteiger partial charge in [0.1, 0.15) is 0 Å². The molecule has 1 aliphatic rings. The van der Waals surface area contributed by atoms with Crippen LogP contribution in [0.15, 0.2) is 44.2 Å². The lowest BCUT2D eigenvalue weighted by Gasteiger charge is -2.05. The standard InChI is InChI=1S/C11H14S2/c1-2-4-10-6-8-13(9-10)11-5-3-7-12-11/h3,5-9,13H,2,4H2,1H3. The maximum Gasteiger partial charge on any atom is 0.0473 e. The number of thiol groups is 1. The van der Waals surface area contributed by atoms with Gasteiger partial charge in [0.25, 0.3) is 0 Å². The molecule has 0 saturated heterocycles. The molecule has 0 aromatic carbocycles. The molecule has 70 valence electrons. The summed E-state index contributed by atoms with van der Waals surface area (Å²) < 4.78 is 1.53. The molecular weight excluding hydrogens is 196 g/mol. The quantitative estimate of drug-likeness (QED) is 0.706. The molecule has 0 bridgehead atoms. The van der Waals surface area contributed by atoms with Crippen molar-refractivity contribution >= 4 is 22.2 Å². The summed E-state index contributed by atoms with van der Waals surface area (Å²) in [5.41, 5.74) is 1.53. The fraction of sp³-hybridized carbons (Fsp3) is 0.273. The third kappa shape index (κ3) is 2.06. The molecule has 2 heterocycles. The van der Waals surface area contributed by atoms with E-state index in [1.807, 2.05) is 11.3 Å². The minimum atomic E-state index is -0.0781. The predicted molar refractivity (Wildman–Crippen MR) is 63.7 cm³/mol. The average molecular weight is 210 g/mol. The van der Waals surface area contributed by atoms with Crippen molar-refractivity contribution in [1.82, 2.24) is 0 Å². The summed E-state index contributed by atoms with van der Waals surface area (Å²) in [4.78, 5) is 0. The van der Waals surface area contributed by atoms with Gasteiger partial charge in [-0.25, -0.2) is 0 Å². The minimum absolute atomic E-state index is 0.0781. The number of thiophene rings is 1. The van der Waals surface area contributed by atoms with Crippen molar-refractivity contribution < 1.29 is 0 Å². The van der Waals surface area contributed by atoms with E-state index < -0.39 is 0 Å². The molecule has 0 aliphatic carbocycles. The SMILES string of the molecule is CCCC1=C[SH](c2cccs2)C=C1. The highest BCUT2D eigenvalue weighted by atomic mass is 32.2. The van der Waals surface area contributed by atoms with Crippen LogP contribution in [0.4, 0.5) is 0 Å². The summed E-state index contributed by atoms with van der Waals surface area (Å²) in [5, 5.41) is 6.98. The van der Waals surface area contributed by atoms with Crippen LogP contribution in [0.1, 0.15) is 19.8 Å². The number of rotatable bonds is 3. The van der Waals surface area contributed by atoms with E-state index >= 15 is 0 Å². The lowest BCUT2D eigenvalue weighted by Crippen LogP contribution is -1.71. The molecule has 13 heavy (non-hydrogen) atoms. The molecule has 1 aromatic rings. The Morgan fingerprint density at radius 1 is 1.46 bits per heavy atom. The molecule has 2 rings (SSSR count). The fourth-order valence-electron chi connectivity index (χ4n) is 1.43. The topological polar surface area (TPSA) is 0 Å². The second-order valence-corrected chi connectivity index (χ2v) is 6.23. The third-order valence-corrected chi connectivity index (χ3v) is 5.41. The van der Waals surface area contributed by atoms with Crippen molar-refractivity contribution in [3.05, 3.63) is 40.0 Å². The van der Waals surface area contributed by atoms with Crippen LogP contribution in [0.25, 0.3) is 0 Å². The normalized spacial score (nSPS) is 23.5. The van der Waals surface area contributed by atoms with E-state index in [0.29, 0.717) is 0 Å². The predicted octanol–water partition coefficient (Wildman–Crippen LogP) is 4.32. The monoisotopic (exact) mass is 210 g/mol. The molecule has 0 saturated carbocycles. The minimum Gasteiger partial charge on any atom is -0.177 e. The maximum atomic E-state index is 2.45. The molecule has 0 radical (unpaired) electrons. The van der Waals surface area contributed by atoms with E-state index in [1.165, 1.54) is 22.6 Å². The molecule has 2 heteroatoms. The second kappa shape index (κ2) is 4.16. The highest BCUT2D eigenvalue weighted by molar-refractivity contribution is 8.23. The molecular formula is C11H14S2. The van der Waals surface area contributed by atoms with Crippen molar-refractivity contribution in [1.29, 1.82) is 0 Å². The van der Waals surface area contributed by atoms with Crippen molar-refractivity contribution in [3.8, 4) is 0 Å². The Morgan fingerprint density at radius 2 is 2.38 bits per heavy atom. The smallest absolute Gasteiger partial charge is 0.0473 e. The summed E-state index contributed by atoms with van der Waals surface area (Å²) in [7, 11) is -0.0781. The first-order valence-corrected chi connectivity index (χ1v) is 6.97. The molecule has 0 amide bonds. The van der Waals surface area contributed by atoms with Crippen LogP contribution >= 0.6 is 22.2 Å².